The smallest absolute Gasteiger partial charge is 0.331 e. The van der Waals surface area contributed by atoms with Crippen molar-refractivity contribution in [1.29, 1.82) is 0 Å². The van der Waals surface area contributed by atoms with Crippen LogP contribution in [0.4, 0.5) is 0 Å². The Labute approximate surface area is 697 Å². The molecule has 12 aliphatic rings. The van der Waals surface area contributed by atoms with Crippen LogP contribution in [0.5, 0.6) is 17.2 Å². The molecule has 0 amide bonds. The highest BCUT2D eigenvalue weighted by molar-refractivity contribution is 5.87. The Balaban J connectivity index is 0.870. The van der Waals surface area contributed by atoms with Crippen molar-refractivity contribution in [3.8, 4) is 17.2 Å². The Morgan fingerprint density at radius 2 is 1.06 bits per heavy atom. The zero-order chi connectivity index (χ0) is 88.2. The topological polar surface area (TPSA) is 602 Å². The lowest BCUT2D eigenvalue weighted by molar-refractivity contribution is -0.398. The van der Waals surface area contributed by atoms with Gasteiger partial charge < -0.3 is 182 Å². The number of rotatable bonds is 25. The van der Waals surface area contributed by atoms with Crippen molar-refractivity contribution in [2.45, 2.75) is 315 Å². The summed E-state index contributed by atoms with van der Waals surface area (Å²) in [6, 6.07) is 3.05. The predicted molar refractivity (Wildman–Crippen MR) is 402 cm³/mol. The second-order valence-electron chi connectivity index (χ2n) is 36.4. The molecule has 0 unspecified atom stereocenters. The van der Waals surface area contributed by atoms with Crippen LogP contribution >= 0.6 is 0 Å². The molecule has 0 radical (unpaired) electrons. The van der Waals surface area contributed by atoms with E-state index in [4.69, 9.17) is 85.3 Å². The fraction of sp³-hybridized carbons (Fsp3) is 0.840. The lowest BCUT2D eigenvalue weighted by Gasteiger charge is -2.71. The Kier molecular flexibility index (Phi) is 28.0. The first-order valence-electron chi connectivity index (χ1n) is 41.3. The van der Waals surface area contributed by atoms with Gasteiger partial charge in [0.05, 0.1) is 96.2 Å². The number of carbonyl (C=O) groups is 3. The average Bonchev–Trinajstić information content (AvgIpc) is 0.795. The molecule has 0 bridgehead atoms. The van der Waals surface area contributed by atoms with Gasteiger partial charge in [0.15, 0.2) is 61.4 Å². The first-order valence-corrected chi connectivity index (χ1v) is 41.3. The van der Waals surface area contributed by atoms with Crippen LogP contribution in [0.25, 0.3) is 6.08 Å². The normalized spacial score (nSPS) is 49.1. The maximum absolute atomic E-state index is 16.7. The van der Waals surface area contributed by atoms with Crippen molar-refractivity contribution in [3.63, 3.8) is 0 Å². The third-order valence-electron chi connectivity index (χ3n) is 29.0. The summed E-state index contributed by atoms with van der Waals surface area (Å²) in [5.74, 6) is -4.68. The third kappa shape index (κ3) is 16.5. The monoisotopic (exact) mass is 1730 g/mol. The summed E-state index contributed by atoms with van der Waals surface area (Å²) in [7, 11) is 4.16. The molecule has 7 heterocycles. The van der Waals surface area contributed by atoms with Gasteiger partial charge in [-0.2, -0.15) is 0 Å². The number of aliphatic hydroxyl groups is 18. The van der Waals surface area contributed by atoms with E-state index in [0.717, 1.165) is 11.6 Å². The van der Waals surface area contributed by atoms with Gasteiger partial charge in [0.2, 0.25) is 12.0 Å². The van der Waals surface area contributed by atoms with Crippen molar-refractivity contribution < 1.29 is 197 Å². The van der Waals surface area contributed by atoms with Crippen molar-refractivity contribution in [2.75, 3.05) is 61.0 Å². The predicted octanol–water partition coefficient (Wildman–Crippen LogP) is -4.26. The minimum Gasteiger partial charge on any atom is -0.493 e. The van der Waals surface area contributed by atoms with E-state index in [2.05, 4.69) is 6.92 Å². The molecule has 7 aliphatic heterocycles. The molecule has 1 aromatic carbocycles. The minimum atomic E-state index is -2.37. The van der Waals surface area contributed by atoms with Crippen molar-refractivity contribution in [3.05, 3.63) is 35.4 Å². The van der Waals surface area contributed by atoms with Gasteiger partial charge in [-0.1, -0.05) is 39.3 Å². The third-order valence-corrected chi connectivity index (χ3v) is 29.0. The minimum absolute atomic E-state index is 0.0294. The maximum atomic E-state index is 16.7. The molecule has 19 N–H and O–H groups in total. The lowest BCUT2D eigenvalue weighted by atomic mass is 9.33. The largest absolute Gasteiger partial charge is 0.493 e. The van der Waals surface area contributed by atoms with Gasteiger partial charge in [0.25, 0.3) is 0 Å². The highest BCUT2D eigenvalue weighted by atomic mass is 16.8. The summed E-state index contributed by atoms with van der Waals surface area (Å²) in [6.07, 6.45) is -52.0. The standard InChI is InChI=1S/C81H122O40/c1-32-47(89)50(92)53(95)67(109-32)118-62-58(114-46(88)15-12-35-22-40(104-9)60(106-11)41(23-35)105-10)34(3)111-71(63(62)119-70-56(98)61(117-72-64(99)81(103,30-85)31-108-72)57(33(2)110-70)115-66-55(97)59(39(87)28-107-66)116-68-52(94)49(91)43(27-83)112-68)121-74(102)79-19-18-75(4,5)24-37(79)36-13-14-44-76(6)25-38(86)65(120-69-54(96)51(93)48(90)42(26-82)113-69)78(8,73(100)101)45(76)16-17-77(44,7)80(36,29-84)21-20-79/h12-13,15,22-23,32-34,37-39,42-45,47-59,61-72,82-87,89-99,103H,14,16-21,24-31H2,1-11H3,(H,100,101)/t32-,33-,34+,37-,38-,39+,42+,43+,44+,45+,47-,48+,49+,50+,51-,52-,53+,54+,55+,56+,57-,58-,59-,61-,62-,63+,64-,65-,66-,67-,68-,69-,70-,71-,72-,76+,77+,78-,79-,80-,81+/m0/s1. The molecule has 5 aliphatic carbocycles. The Bertz CT molecular complexity index is 3810. The summed E-state index contributed by atoms with van der Waals surface area (Å²) >= 11 is 0. The quantitative estimate of drug-likeness (QED) is 0.0191. The van der Waals surface area contributed by atoms with Crippen LogP contribution in [0.2, 0.25) is 0 Å². The number of fused-ring (bicyclic) bond motifs is 7. The van der Waals surface area contributed by atoms with Crippen molar-refractivity contribution in [2.24, 2.45) is 50.2 Å². The lowest BCUT2D eigenvalue weighted by Crippen LogP contribution is -2.71. The van der Waals surface area contributed by atoms with E-state index in [1.807, 2.05) is 26.8 Å². The molecule has 4 saturated carbocycles. The Hall–Kier alpha value is -4.73. The molecule has 13 rings (SSSR count). The number of ether oxygens (including phenoxy) is 18. The van der Waals surface area contributed by atoms with Gasteiger partial charge in [0.1, 0.15) is 122 Å². The van der Waals surface area contributed by atoms with Crippen LogP contribution in [-0.4, -0.2) is 378 Å². The molecule has 7 saturated heterocycles. The number of esters is 2. The number of carboxylic acids is 1. The molecule has 40 nitrogen and oxygen atoms in total. The fourth-order valence-electron chi connectivity index (χ4n) is 22.0. The first kappa shape index (κ1) is 93.9. The highest BCUT2D eigenvalue weighted by Crippen LogP contribution is 2.76. The van der Waals surface area contributed by atoms with E-state index in [0.29, 0.717) is 24.8 Å². The maximum Gasteiger partial charge on any atom is 0.331 e. The van der Waals surface area contributed by atoms with E-state index >= 15 is 4.79 Å². The summed E-state index contributed by atoms with van der Waals surface area (Å²) in [6.45, 7) is 9.16. The van der Waals surface area contributed by atoms with E-state index in [1.165, 1.54) is 67.2 Å². The second-order valence-corrected chi connectivity index (χ2v) is 36.4. The number of aliphatic carboxylic acids is 1. The Morgan fingerprint density at radius 3 is 1.67 bits per heavy atom. The molecule has 686 valence electrons. The molecule has 0 aromatic heterocycles. The van der Waals surface area contributed by atoms with Gasteiger partial charge in [-0.25, -0.2) is 4.79 Å². The van der Waals surface area contributed by atoms with Gasteiger partial charge in [-0.15, -0.1) is 0 Å². The first-order chi connectivity index (χ1) is 57.0. The van der Waals surface area contributed by atoms with E-state index in [1.54, 1.807) is 0 Å². The molecule has 1 aromatic rings. The molecule has 121 heavy (non-hydrogen) atoms. The molecule has 0 spiro atoms. The molecule has 40 heteroatoms. The summed E-state index contributed by atoms with van der Waals surface area (Å²) in [4.78, 5) is 45.5. The van der Waals surface area contributed by atoms with Crippen molar-refractivity contribution in [1.82, 2.24) is 0 Å². The van der Waals surface area contributed by atoms with Crippen LogP contribution in [-0.2, 0) is 85.4 Å². The molecule has 41 atom stereocenters. The average molecular weight is 1740 g/mol. The van der Waals surface area contributed by atoms with Crippen LogP contribution in [0, 0.1) is 50.2 Å². The zero-order valence-electron chi connectivity index (χ0n) is 69.3. The summed E-state index contributed by atoms with van der Waals surface area (Å²) < 4.78 is 110. The molecule has 11 fully saturated rings. The van der Waals surface area contributed by atoms with E-state index in [9.17, 15) is 107 Å². The zero-order valence-corrected chi connectivity index (χ0v) is 69.3. The van der Waals surface area contributed by atoms with Gasteiger partial charge in [0, 0.05) is 11.5 Å². The van der Waals surface area contributed by atoms with Crippen molar-refractivity contribution >= 4 is 24.0 Å². The number of hydrogen-bond donors (Lipinski definition) is 19. The van der Waals surface area contributed by atoms with Crippen LogP contribution in [0.1, 0.15) is 119 Å². The molecular formula is C81H122O40. The second kappa shape index (κ2) is 36.1. The number of carboxylic acid groups (broad SMARTS) is 1. The number of carbonyl (C=O) groups excluding carboxylic acids is 2. The Morgan fingerprint density at radius 1 is 0.512 bits per heavy atom. The van der Waals surface area contributed by atoms with E-state index < -0.39 is 310 Å². The SMILES string of the molecule is COc1cc(C=CC(=O)O[C@@H]2[C@H](O[C@@H]3O[C@@H](C)[C@H](O)[C@@H](O)[C@H]3O)[C@@H](O[C@@H]3O[C@@H](C)[C@H](O[C@@H]4OC[C@@H](O)[C@H](O[C@@H]5O[C@H](CO)[C@@H](O)[C@@H]5O)[C@H]4O)[C@@H](O[C@@H]4OC[C@](O)(CO)[C@H]4O)[C@H]3O)[C@H](OC(=O)[C@]34CCC(C)(C)C[C@H]3C3=CC[C@@H]5[C@@]6(C)C[C@H](O)[C@H](O[C@@H]7O[C@H](CO)[C@@H](O)[C@H](O)[C@H]7O)[C@@](C)(C(=O)O)[C@@H]6CC[C@@]5(C)[C@]3(CO)CC4)O[C@@H]2C)cc(OC)c1OC. The summed E-state index contributed by atoms with van der Waals surface area (Å²) in [5.41, 5.74) is -8.34. The van der Waals surface area contributed by atoms with Crippen LogP contribution in [0.15, 0.2) is 29.9 Å². The highest BCUT2D eigenvalue weighted by Gasteiger charge is 2.74. The number of allylic oxidation sites excluding steroid dienone is 1. The van der Waals surface area contributed by atoms with Crippen LogP contribution in [0.3, 0.4) is 0 Å². The number of methoxy groups -OCH3 is 3. The molecular weight excluding hydrogens is 1610 g/mol. The van der Waals surface area contributed by atoms with Gasteiger partial charge in [-0.3, -0.25) is 9.59 Å². The number of aliphatic hydroxyl groups excluding tert-OH is 17. The fourth-order valence-corrected chi connectivity index (χ4v) is 22.0. The van der Waals surface area contributed by atoms with Gasteiger partial charge in [-0.05, 0) is 143 Å². The number of benzene rings is 1. The van der Waals surface area contributed by atoms with Gasteiger partial charge >= 0.3 is 17.9 Å². The number of hydrogen-bond acceptors (Lipinski definition) is 39. The summed E-state index contributed by atoms with van der Waals surface area (Å²) in [5, 5.41) is 214. The van der Waals surface area contributed by atoms with E-state index in [-0.39, 0.29) is 55.8 Å². The van der Waals surface area contributed by atoms with Crippen LogP contribution < -0.4 is 14.2 Å².